The Hall–Kier alpha value is 0.711. The maximum absolute atomic E-state index is 2.91. The Kier molecular flexibility index (Phi) is 6.32. The molecule has 0 fully saturated rings. The molecule has 0 bridgehead atoms. The van der Waals surface area contributed by atoms with Gasteiger partial charge in [-0.3, -0.25) is 0 Å². The minimum atomic E-state index is -2.40. The summed E-state index contributed by atoms with van der Waals surface area (Å²) in [7, 11) is -1.67. The van der Waals surface area contributed by atoms with E-state index in [9.17, 15) is 0 Å². The zero-order valence-corrected chi connectivity index (χ0v) is 22.5. The van der Waals surface area contributed by atoms with Gasteiger partial charge in [0, 0.05) is 0 Å². The molecule has 0 aliphatic heterocycles. The van der Waals surface area contributed by atoms with Crippen LogP contribution in [-0.4, -0.2) is 28.7 Å². The molecule has 0 aromatic rings. The molecule has 0 N–H and O–H groups in total. The topological polar surface area (TPSA) is 0 Å². The van der Waals surface area contributed by atoms with Crippen molar-refractivity contribution in [3.63, 3.8) is 0 Å². The molecule has 22 heavy (non-hydrogen) atoms. The Balaban J connectivity index is 2.69. The van der Waals surface area contributed by atoms with E-state index in [1.54, 1.807) is 0 Å². The van der Waals surface area contributed by atoms with E-state index < -0.39 is 48.1 Å². The predicted molar refractivity (Wildman–Crippen MR) is 112 cm³/mol. The molecule has 122 valence electrons. The number of hydrogen-bond donors (Lipinski definition) is 0. The quantitative estimate of drug-likeness (QED) is 0.532. The van der Waals surface area contributed by atoms with Gasteiger partial charge in [0.15, 0.2) is 0 Å². The van der Waals surface area contributed by atoms with Crippen LogP contribution >= 0.6 is 0 Å². The van der Waals surface area contributed by atoms with Crippen LogP contribution in [-0.2, 0) is 19.4 Å². The van der Waals surface area contributed by atoms with Gasteiger partial charge >= 0.3 is 148 Å². The summed E-state index contributed by atoms with van der Waals surface area (Å²) in [6.45, 7) is 16.5. The van der Waals surface area contributed by atoms with Crippen LogP contribution in [0.25, 0.3) is 0 Å². The van der Waals surface area contributed by atoms with E-state index in [-0.39, 0.29) is 0 Å². The standard InChI is InChI=1S/C6H21Si4.2C5H5.CH3.Zr/c1-7(2)10(8(3)4)9(5)6;2*1-2-4-5-3-1;;/h7-9H,1-6H3;2*1-3H,4H2;1H3;. The molecule has 0 spiro atoms. The van der Waals surface area contributed by atoms with Gasteiger partial charge in [0.25, 0.3) is 0 Å². The molecule has 0 nitrogen and oxygen atoms in total. The molecule has 0 heterocycles. The predicted octanol–water partition coefficient (Wildman–Crippen LogP) is 4.52. The molecule has 0 aromatic carbocycles. The molecule has 0 atom stereocenters. The average Bonchev–Trinajstić information content (AvgIpc) is 3.12. The van der Waals surface area contributed by atoms with Gasteiger partial charge in [-0.1, -0.05) is 0 Å². The minimum absolute atomic E-state index is 0.556. The summed E-state index contributed by atoms with van der Waals surface area (Å²) < 4.78 is 5.88. The van der Waals surface area contributed by atoms with Crippen molar-refractivity contribution in [2.45, 2.75) is 56.8 Å². The van der Waals surface area contributed by atoms with E-state index in [4.69, 9.17) is 0 Å². The second-order valence-corrected chi connectivity index (χ2v) is 75.7. The normalized spacial score (nSPS) is 18.8. The molecule has 0 amide bonds. The third kappa shape index (κ3) is 2.79. The first-order chi connectivity index (χ1) is 10.3. The van der Waals surface area contributed by atoms with E-state index in [0.717, 1.165) is 0 Å². The van der Waals surface area contributed by atoms with E-state index >= 15 is 0 Å². The second-order valence-electron chi connectivity index (χ2n) is 8.17. The first kappa shape index (κ1) is 19.0. The van der Waals surface area contributed by atoms with Crippen molar-refractivity contribution >= 4 is 28.7 Å². The molecule has 5 heteroatoms. The molecular weight excluding hydrogens is 408 g/mol. The molecule has 0 aromatic heterocycles. The Morgan fingerprint density at radius 1 is 0.773 bits per heavy atom. The summed E-state index contributed by atoms with van der Waals surface area (Å²) in [5.41, 5.74) is 0. The third-order valence-electron chi connectivity index (χ3n) is 6.56. The van der Waals surface area contributed by atoms with E-state index in [1.165, 1.54) is 12.8 Å². The van der Waals surface area contributed by atoms with Crippen LogP contribution in [0.3, 0.4) is 0 Å². The van der Waals surface area contributed by atoms with Crippen LogP contribution < -0.4 is 0 Å². The van der Waals surface area contributed by atoms with E-state index in [0.29, 0.717) is 0 Å². The fraction of sp³-hybridized carbons (Fsp3) is 0.529. The fourth-order valence-corrected chi connectivity index (χ4v) is 186. The molecule has 0 radical (unpaired) electrons. The zero-order valence-electron chi connectivity index (χ0n) is 15.6. The van der Waals surface area contributed by atoms with Crippen molar-refractivity contribution in [3.8, 4) is 0 Å². The second kappa shape index (κ2) is 7.30. The van der Waals surface area contributed by atoms with Crippen molar-refractivity contribution in [1.82, 2.24) is 0 Å². The number of rotatable bonds is 6. The number of hydrogen-bond acceptors (Lipinski definition) is 0. The van der Waals surface area contributed by atoms with Gasteiger partial charge in [-0.25, -0.2) is 0 Å². The maximum atomic E-state index is 2.91. The van der Waals surface area contributed by atoms with Gasteiger partial charge in [0.05, 0.1) is 0 Å². The van der Waals surface area contributed by atoms with Crippen LogP contribution in [0.2, 0.25) is 43.9 Å². The van der Waals surface area contributed by atoms with Crippen molar-refractivity contribution in [2.75, 3.05) is 0 Å². The van der Waals surface area contributed by atoms with E-state index in [2.05, 4.69) is 80.4 Å². The van der Waals surface area contributed by atoms with Crippen LogP contribution in [0.1, 0.15) is 12.8 Å². The first-order valence-corrected chi connectivity index (χ1v) is 32.0. The third-order valence-corrected chi connectivity index (χ3v) is 161. The molecular formula is C17H34Si4Zr. The van der Waals surface area contributed by atoms with Crippen LogP contribution in [0, 0.1) is 0 Å². The van der Waals surface area contributed by atoms with Crippen molar-refractivity contribution < 1.29 is 19.4 Å². The van der Waals surface area contributed by atoms with Gasteiger partial charge in [-0.15, -0.1) is 0 Å². The Labute approximate surface area is 147 Å². The molecule has 2 aliphatic carbocycles. The van der Waals surface area contributed by atoms with Crippen molar-refractivity contribution in [1.29, 1.82) is 0 Å². The average molecular weight is 442 g/mol. The van der Waals surface area contributed by atoms with Gasteiger partial charge in [0.2, 0.25) is 0 Å². The van der Waals surface area contributed by atoms with E-state index in [1.807, 2.05) is 6.56 Å². The van der Waals surface area contributed by atoms with Crippen LogP contribution in [0.5, 0.6) is 0 Å². The zero-order chi connectivity index (χ0) is 16.5. The SMILES string of the molecule is C[SiH](C)[Si]([SiH](C)C)([SiH](C)C)[Zr]([CH3])([C]1=CC=CC1)[C]1=CC=CC1. The summed E-state index contributed by atoms with van der Waals surface area (Å²) in [6, 6.07) is 0. The van der Waals surface area contributed by atoms with Crippen molar-refractivity contribution in [3.05, 3.63) is 43.0 Å². The summed E-state index contributed by atoms with van der Waals surface area (Å²) in [5.74, 6) is 0. The summed E-state index contributed by atoms with van der Waals surface area (Å²) in [6.07, 6.45) is 17.4. The monoisotopic (exact) mass is 440 g/mol. The first-order valence-electron chi connectivity index (χ1n) is 9.01. The van der Waals surface area contributed by atoms with Crippen molar-refractivity contribution in [2.24, 2.45) is 0 Å². The molecule has 0 saturated heterocycles. The molecule has 0 unspecified atom stereocenters. The Morgan fingerprint density at radius 2 is 1.14 bits per heavy atom. The van der Waals surface area contributed by atoms with Gasteiger partial charge in [-0.05, 0) is 0 Å². The van der Waals surface area contributed by atoms with Gasteiger partial charge in [-0.2, -0.15) is 0 Å². The Bertz CT molecular complexity index is 489. The van der Waals surface area contributed by atoms with Gasteiger partial charge < -0.3 is 0 Å². The molecule has 2 rings (SSSR count). The molecule has 2 aliphatic rings. The summed E-state index contributed by atoms with van der Waals surface area (Å²) in [4.78, 5) is 0. The summed E-state index contributed by atoms with van der Waals surface area (Å²) in [5, 5.41) is 0. The fourth-order valence-electron chi connectivity index (χ4n) is 6.13. The Morgan fingerprint density at radius 3 is 1.36 bits per heavy atom. The number of allylic oxidation sites excluding steroid dienone is 8. The summed E-state index contributed by atoms with van der Waals surface area (Å²) >= 11 is -2.40. The van der Waals surface area contributed by atoms with Crippen LogP contribution in [0.4, 0.5) is 0 Å². The van der Waals surface area contributed by atoms with Gasteiger partial charge in [0.1, 0.15) is 0 Å². The van der Waals surface area contributed by atoms with Crippen LogP contribution in [0.15, 0.2) is 43.0 Å². The molecule has 0 saturated carbocycles.